The van der Waals surface area contributed by atoms with Crippen molar-refractivity contribution in [1.29, 1.82) is 0 Å². The minimum atomic E-state index is -4.36. The Morgan fingerprint density at radius 2 is 2.06 bits per heavy atom. The highest BCUT2D eigenvalue weighted by Gasteiger charge is 2.27. The first-order valence-electron chi connectivity index (χ1n) is 5.01. The normalized spacial score (nSPS) is 11.1. The Bertz CT molecular complexity index is 432. The number of hydrogen-bond acceptors (Lipinski definition) is 4. The number of rotatable bonds is 4. The molecular formula is C11H12F3NO3. The minimum Gasteiger partial charge on any atom is -0.494 e. The number of carbonyl (C=O) groups excluding carboxylic acids is 1. The third-order valence-electron chi connectivity index (χ3n) is 2.09. The summed E-state index contributed by atoms with van der Waals surface area (Å²) in [7, 11) is 1.30. The van der Waals surface area contributed by atoms with Crippen LogP contribution in [0.5, 0.6) is 5.75 Å². The van der Waals surface area contributed by atoms with Gasteiger partial charge in [0.15, 0.2) is 5.75 Å². The van der Waals surface area contributed by atoms with Crippen LogP contribution in [0.15, 0.2) is 18.2 Å². The molecule has 0 spiro atoms. The van der Waals surface area contributed by atoms with Crippen molar-refractivity contribution in [2.45, 2.75) is 12.6 Å². The second-order valence-electron chi connectivity index (χ2n) is 3.43. The smallest absolute Gasteiger partial charge is 0.392 e. The topological polar surface area (TPSA) is 61.5 Å². The molecular weight excluding hydrogens is 251 g/mol. The van der Waals surface area contributed by atoms with Crippen LogP contribution in [0.2, 0.25) is 0 Å². The van der Waals surface area contributed by atoms with Crippen LogP contribution >= 0.6 is 0 Å². The van der Waals surface area contributed by atoms with Gasteiger partial charge in [0.1, 0.15) is 12.2 Å². The van der Waals surface area contributed by atoms with E-state index in [0.717, 1.165) is 0 Å². The van der Waals surface area contributed by atoms with Crippen molar-refractivity contribution in [2.75, 3.05) is 19.5 Å². The van der Waals surface area contributed by atoms with Crippen LogP contribution in [0.25, 0.3) is 0 Å². The summed E-state index contributed by atoms with van der Waals surface area (Å²) in [5, 5.41) is 0. The summed E-state index contributed by atoms with van der Waals surface area (Å²) < 4.78 is 45.0. The molecule has 0 amide bonds. The fourth-order valence-corrected chi connectivity index (χ4v) is 1.28. The molecule has 0 aliphatic heterocycles. The highest BCUT2D eigenvalue weighted by molar-refractivity contribution is 5.94. The Morgan fingerprint density at radius 3 is 2.61 bits per heavy atom. The predicted molar refractivity (Wildman–Crippen MR) is 58.4 cm³/mol. The van der Waals surface area contributed by atoms with Crippen molar-refractivity contribution < 1.29 is 27.4 Å². The molecule has 4 nitrogen and oxygen atoms in total. The lowest BCUT2D eigenvalue weighted by atomic mass is 10.2. The first-order valence-corrected chi connectivity index (χ1v) is 5.01. The number of nitrogens with two attached hydrogens (primary N) is 1. The number of anilines is 1. The minimum absolute atomic E-state index is 0.000301. The number of benzene rings is 1. The average molecular weight is 263 g/mol. The Balaban J connectivity index is 2.70. The van der Waals surface area contributed by atoms with E-state index in [4.69, 9.17) is 10.5 Å². The largest absolute Gasteiger partial charge is 0.494 e. The van der Waals surface area contributed by atoms with Crippen molar-refractivity contribution >= 4 is 11.7 Å². The number of halogens is 3. The van der Waals surface area contributed by atoms with Gasteiger partial charge in [0, 0.05) is 0 Å². The Hall–Kier alpha value is -1.92. The lowest BCUT2D eigenvalue weighted by Gasteiger charge is -2.11. The van der Waals surface area contributed by atoms with Gasteiger partial charge in [0.05, 0.1) is 19.2 Å². The van der Waals surface area contributed by atoms with E-state index in [1.165, 1.54) is 25.3 Å². The summed E-state index contributed by atoms with van der Waals surface area (Å²) in [6.45, 7) is -0.736. The summed E-state index contributed by atoms with van der Waals surface area (Å²) in [6, 6.07) is 4.36. The van der Waals surface area contributed by atoms with E-state index < -0.39 is 25.2 Å². The third kappa shape index (κ3) is 3.83. The second kappa shape index (κ2) is 5.61. The highest BCUT2D eigenvalue weighted by atomic mass is 19.4. The first-order chi connectivity index (χ1) is 8.35. The molecule has 0 aliphatic rings. The summed E-state index contributed by atoms with van der Waals surface area (Å²) in [5.41, 5.74) is 5.77. The van der Waals surface area contributed by atoms with E-state index in [-0.39, 0.29) is 17.0 Å². The van der Waals surface area contributed by atoms with Gasteiger partial charge in [0.2, 0.25) is 0 Å². The van der Waals surface area contributed by atoms with E-state index in [2.05, 4.69) is 4.74 Å². The number of methoxy groups -OCH3 is 1. The van der Waals surface area contributed by atoms with Gasteiger partial charge in [-0.3, -0.25) is 0 Å². The third-order valence-corrected chi connectivity index (χ3v) is 2.09. The van der Waals surface area contributed by atoms with Gasteiger partial charge in [-0.1, -0.05) is 6.07 Å². The zero-order valence-corrected chi connectivity index (χ0v) is 9.58. The summed E-state index contributed by atoms with van der Waals surface area (Å²) >= 11 is 0. The van der Waals surface area contributed by atoms with Gasteiger partial charge >= 0.3 is 12.1 Å². The zero-order chi connectivity index (χ0) is 13.8. The van der Waals surface area contributed by atoms with Gasteiger partial charge in [-0.15, -0.1) is 0 Å². The molecule has 0 saturated carbocycles. The Kier molecular flexibility index (Phi) is 4.41. The zero-order valence-electron chi connectivity index (χ0n) is 9.58. The van der Waals surface area contributed by atoms with Crippen LogP contribution in [-0.4, -0.2) is 25.9 Å². The quantitative estimate of drug-likeness (QED) is 0.669. The van der Waals surface area contributed by atoms with E-state index in [1.807, 2.05) is 0 Å². The lowest BCUT2D eigenvalue weighted by molar-refractivity contribution is -0.141. The first kappa shape index (κ1) is 14.1. The van der Waals surface area contributed by atoms with Crippen LogP contribution in [0.3, 0.4) is 0 Å². The van der Waals surface area contributed by atoms with Crippen molar-refractivity contribution in [2.24, 2.45) is 0 Å². The molecule has 0 heterocycles. The molecule has 7 heteroatoms. The van der Waals surface area contributed by atoms with Crippen molar-refractivity contribution in [3.63, 3.8) is 0 Å². The van der Waals surface area contributed by atoms with Crippen molar-refractivity contribution in [3.05, 3.63) is 23.8 Å². The monoisotopic (exact) mass is 263 g/mol. The fraction of sp³-hybridized carbons (Fsp3) is 0.364. The Labute approximate surface area is 101 Å². The number of para-hydroxylation sites is 1. The molecule has 2 N–H and O–H groups in total. The fourth-order valence-electron chi connectivity index (χ4n) is 1.28. The molecule has 0 radical (unpaired) electrons. The van der Waals surface area contributed by atoms with Crippen molar-refractivity contribution in [1.82, 2.24) is 0 Å². The van der Waals surface area contributed by atoms with E-state index in [1.54, 1.807) is 0 Å². The summed E-state index contributed by atoms with van der Waals surface area (Å²) in [5.74, 6) is -0.807. The van der Waals surface area contributed by atoms with Gasteiger partial charge in [0.25, 0.3) is 0 Å². The molecule has 1 aromatic carbocycles. The molecule has 1 rings (SSSR count). The highest BCUT2D eigenvalue weighted by Crippen LogP contribution is 2.27. The molecule has 1 aromatic rings. The lowest BCUT2D eigenvalue weighted by Crippen LogP contribution is -2.15. The predicted octanol–water partition coefficient (Wildman–Crippen LogP) is 2.39. The molecule has 18 heavy (non-hydrogen) atoms. The number of hydrogen-bond donors (Lipinski definition) is 1. The van der Waals surface area contributed by atoms with Gasteiger partial charge in [-0.05, 0) is 12.1 Å². The number of carbonyl (C=O) groups is 1. The van der Waals surface area contributed by atoms with Crippen molar-refractivity contribution in [3.8, 4) is 5.75 Å². The summed E-state index contributed by atoms with van der Waals surface area (Å²) in [6.07, 6.45) is -5.55. The number of nitrogen functional groups attached to an aromatic ring is 1. The van der Waals surface area contributed by atoms with Gasteiger partial charge < -0.3 is 15.2 Å². The molecule has 0 atom stereocenters. The van der Waals surface area contributed by atoms with Crippen LogP contribution < -0.4 is 10.5 Å². The van der Waals surface area contributed by atoms with Gasteiger partial charge in [-0.25, -0.2) is 4.79 Å². The Morgan fingerprint density at radius 1 is 1.39 bits per heavy atom. The molecule has 0 aromatic heterocycles. The van der Waals surface area contributed by atoms with Gasteiger partial charge in [-0.2, -0.15) is 13.2 Å². The molecule has 0 fully saturated rings. The van der Waals surface area contributed by atoms with Crippen LogP contribution in [0.4, 0.5) is 18.9 Å². The average Bonchev–Trinajstić information content (AvgIpc) is 2.26. The van der Waals surface area contributed by atoms with E-state index >= 15 is 0 Å². The maximum absolute atomic E-state index is 11.9. The number of alkyl halides is 3. The maximum Gasteiger partial charge on any atom is 0.392 e. The van der Waals surface area contributed by atoms with Crippen LogP contribution in [-0.2, 0) is 4.74 Å². The number of esters is 1. The maximum atomic E-state index is 11.9. The molecule has 0 bridgehead atoms. The second-order valence-corrected chi connectivity index (χ2v) is 3.43. The summed E-state index contributed by atoms with van der Waals surface area (Å²) in [4.78, 5) is 11.5. The van der Waals surface area contributed by atoms with Crippen LogP contribution in [0, 0.1) is 0 Å². The number of ether oxygens (including phenoxy) is 2. The molecule has 0 aliphatic carbocycles. The molecule has 0 unspecified atom stereocenters. The molecule has 0 saturated heterocycles. The molecule has 100 valence electrons. The van der Waals surface area contributed by atoms with E-state index in [9.17, 15) is 18.0 Å². The van der Waals surface area contributed by atoms with E-state index in [0.29, 0.717) is 0 Å². The standard InChI is InChI=1S/C11H12F3NO3/c1-17-9-7(3-2-4-8(9)15)10(16)18-6-5-11(12,13)14/h2-4H,5-6,15H2,1H3. The van der Waals surface area contributed by atoms with Crippen LogP contribution in [0.1, 0.15) is 16.8 Å². The SMILES string of the molecule is COc1c(N)cccc1C(=O)OCCC(F)(F)F.